The molecule has 0 radical (unpaired) electrons. The SMILES string of the molecule is O=C(O)C1CCN(C(c2ccc(F)cc2)c2cccc(Cl)c2Cl)CC1. The smallest absolute Gasteiger partial charge is 0.306 e. The topological polar surface area (TPSA) is 40.5 Å². The number of carboxylic acids is 1. The largest absolute Gasteiger partial charge is 0.481 e. The van der Waals surface area contributed by atoms with Crippen LogP contribution in [0.25, 0.3) is 0 Å². The van der Waals surface area contributed by atoms with Gasteiger partial charge in [0.2, 0.25) is 0 Å². The molecule has 0 amide bonds. The Morgan fingerprint density at radius 2 is 1.76 bits per heavy atom. The Balaban J connectivity index is 1.97. The zero-order chi connectivity index (χ0) is 18.0. The predicted molar refractivity (Wildman–Crippen MR) is 96.6 cm³/mol. The Labute approximate surface area is 156 Å². The zero-order valence-corrected chi connectivity index (χ0v) is 15.0. The average molecular weight is 382 g/mol. The maximum Gasteiger partial charge on any atom is 0.306 e. The van der Waals surface area contributed by atoms with Crippen molar-refractivity contribution < 1.29 is 14.3 Å². The van der Waals surface area contributed by atoms with Gasteiger partial charge in [0.15, 0.2) is 0 Å². The molecule has 0 aromatic heterocycles. The van der Waals surface area contributed by atoms with Gasteiger partial charge >= 0.3 is 5.97 Å². The number of halogens is 3. The summed E-state index contributed by atoms with van der Waals surface area (Å²) in [5.74, 6) is -1.37. The molecule has 1 heterocycles. The van der Waals surface area contributed by atoms with E-state index in [4.69, 9.17) is 23.2 Å². The summed E-state index contributed by atoms with van der Waals surface area (Å²) in [7, 11) is 0. The normalized spacial score (nSPS) is 17.4. The van der Waals surface area contributed by atoms with Gasteiger partial charge < -0.3 is 5.11 Å². The summed E-state index contributed by atoms with van der Waals surface area (Å²) in [6.07, 6.45) is 1.15. The van der Waals surface area contributed by atoms with Gasteiger partial charge in [-0.05, 0) is 55.3 Å². The number of carboxylic acid groups (broad SMARTS) is 1. The fraction of sp³-hybridized carbons (Fsp3) is 0.316. The van der Waals surface area contributed by atoms with Crippen LogP contribution in [0.2, 0.25) is 10.0 Å². The highest BCUT2D eigenvalue weighted by molar-refractivity contribution is 6.42. The molecule has 25 heavy (non-hydrogen) atoms. The molecule has 0 bridgehead atoms. The molecule has 1 unspecified atom stereocenters. The minimum atomic E-state index is -0.751. The fourth-order valence-corrected chi connectivity index (χ4v) is 3.78. The molecule has 1 aliphatic rings. The lowest BCUT2D eigenvalue weighted by molar-refractivity contribution is -0.143. The molecule has 1 atom stereocenters. The number of benzene rings is 2. The molecular formula is C19H18Cl2FNO2. The van der Waals surface area contributed by atoms with Gasteiger partial charge in [0.25, 0.3) is 0 Å². The number of hydrogen-bond acceptors (Lipinski definition) is 2. The number of likely N-dealkylation sites (tertiary alicyclic amines) is 1. The van der Waals surface area contributed by atoms with E-state index in [1.165, 1.54) is 12.1 Å². The molecule has 1 aliphatic heterocycles. The maximum atomic E-state index is 13.4. The van der Waals surface area contributed by atoms with E-state index in [1.807, 2.05) is 12.1 Å². The molecule has 132 valence electrons. The van der Waals surface area contributed by atoms with E-state index in [0.717, 1.165) is 11.1 Å². The van der Waals surface area contributed by atoms with E-state index in [2.05, 4.69) is 4.90 Å². The van der Waals surface area contributed by atoms with Crippen molar-refractivity contribution in [2.24, 2.45) is 5.92 Å². The Hall–Kier alpha value is -1.62. The van der Waals surface area contributed by atoms with Crippen LogP contribution in [0.15, 0.2) is 42.5 Å². The molecule has 0 aliphatic carbocycles. The Kier molecular flexibility index (Phi) is 5.62. The molecule has 3 nitrogen and oxygen atoms in total. The van der Waals surface area contributed by atoms with Gasteiger partial charge in [0.1, 0.15) is 5.82 Å². The van der Waals surface area contributed by atoms with Crippen molar-refractivity contribution in [2.75, 3.05) is 13.1 Å². The Bertz CT molecular complexity index is 759. The molecule has 0 spiro atoms. The first kappa shape index (κ1) is 18.2. The monoisotopic (exact) mass is 381 g/mol. The lowest BCUT2D eigenvalue weighted by Gasteiger charge is -2.37. The van der Waals surface area contributed by atoms with Gasteiger partial charge in [0, 0.05) is 0 Å². The minimum absolute atomic E-state index is 0.193. The number of hydrogen-bond donors (Lipinski definition) is 1. The molecule has 1 fully saturated rings. The van der Waals surface area contributed by atoms with Crippen molar-refractivity contribution in [3.05, 3.63) is 69.5 Å². The zero-order valence-electron chi connectivity index (χ0n) is 13.5. The summed E-state index contributed by atoms with van der Waals surface area (Å²) in [5.41, 5.74) is 1.74. The van der Waals surface area contributed by atoms with Gasteiger partial charge in [-0.3, -0.25) is 9.69 Å². The van der Waals surface area contributed by atoms with E-state index >= 15 is 0 Å². The Morgan fingerprint density at radius 1 is 1.12 bits per heavy atom. The first-order chi connectivity index (χ1) is 12.0. The molecule has 1 N–H and O–H groups in total. The molecule has 1 saturated heterocycles. The van der Waals surface area contributed by atoms with E-state index in [1.54, 1.807) is 18.2 Å². The Morgan fingerprint density at radius 3 is 2.36 bits per heavy atom. The van der Waals surface area contributed by atoms with E-state index in [0.29, 0.717) is 36.0 Å². The summed E-state index contributed by atoms with van der Waals surface area (Å²) >= 11 is 12.6. The fourth-order valence-electron chi connectivity index (χ4n) is 3.37. The second-order valence-electron chi connectivity index (χ2n) is 6.25. The lowest BCUT2D eigenvalue weighted by atomic mass is 9.91. The number of piperidine rings is 1. The number of nitrogens with zero attached hydrogens (tertiary/aromatic N) is 1. The van der Waals surface area contributed by atoms with Gasteiger partial charge in [-0.15, -0.1) is 0 Å². The van der Waals surface area contributed by atoms with Crippen LogP contribution in [0, 0.1) is 11.7 Å². The third-order valence-electron chi connectivity index (χ3n) is 4.71. The third-order valence-corrected chi connectivity index (χ3v) is 5.54. The highest BCUT2D eigenvalue weighted by Crippen LogP contribution is 2.38. The maximum absolute atomic E-state index is 13.4. The molecule has 6 heteroatoms. The summed E-state index contributed by atoms with van der Waals surface area (Å²) in [6, 6.07) is 11.6. The van der Waals surface area contributed by atoms with Crippen molar-refractivity contribution in [1.82, 2.24) is 4.90 Å². The number of carbonyl (C=O) groups is 1. The van der Waals surface area contributed by atoms with Gasteiger partial charge in [-0.2, -0.15) is 0 Å². The van der Waals surface area contributed by atoms with E-state index in [-0.39, 0.29) is 17.8 Å². The van der Waals surface area contributed by atoms with Crippen molar-refractivity contribution in [3.8, 4) is 0 Å². The molecule has 2 aromatic rings. The van der Waals surface area contributed by atoms with E-state index < -0.39 is 5.97 Å². The summed E-state index contributed by atoms with van der Waals surface area (Å²) in [5, 5.41) is 10.1. The quantitative estimate of drug-likeness (QED) is 0.808. The summed E-state index contributed by atoms with van der Waals surface area (Å²) in [4.78, 5) is 13.4. The highest BCUT2D eigenvalue weighted by Gasteiger charge is 2.31. The highest BCUT2D eigenvalue weighted by atomic mass is 35.5. The number of rotatable bonds is 4. The van der Waals surface area contributed by atoms with Crippen LogP contribution in [0.3, 0.4) is 0 Å². The molecule has 2 aromatic carbocycles. The van der Waals surface area contributed by atoms with Gasteiger partial charge in [0.05, 0.1) is 22.0 Å². The van der Waals surface area contributed by atoms with Gasteiger partial charge in [-0.25, -0.2) is 4.39 Å². The van der Waals surface area contributed by atoms with Crippen molar-refractivity contribution >= 4 is 29.2 Å². The molecule has 0 saturated carbocycles. The first-order valence-electron chi connectivity index (χ1n) is 8.13. The second-order valence-corrected chi connectivity index (χ2v) is 7.03. The van der Waals surface area contributed by atoms with Crippen LogP contribution in [0.4, 0.5) is 4.39 Å². The summed E-state index contributed by atoms with van der Waals surface area (Å²) < 4.78 is 13.4. The number of aliphatic carboxylic acids is 1. The first-order valence-corrected chi connectivity index (χ1v) is 8.89. The van der Waals surface area contributed by atoms with Crippen LogP contribution in [0.1, 0.15) is 30.0 Å². The van der Waals surface area contributed by atoms with Crippen LogP contribution in [-0.2, 0) is 4.79 Å². The summed E-state index contributed by atoms with van der Waals surface area (Å²) in [6.45, 7) is 1.25. The van der Waals surface area contributed by atoms with Crippen molar-refractivity contribution in [1.29, 1.82) is 0 Å². The molecule has 3 rings (SSSR count). The third kappa shape index (κ3) is 3.97. The molecular weight excluding hydrogens is 364 g/mol. The average Bonchev–Trinajstić information content (AvgIpc) is 2.61. The van der Waals surface area contributed by atoms with Crippen LogP contribution in [-0.4, -0.2) is 29.1 Å². The van der Waals surface area contributed by atoms with Crippen molar-refractivity contribution in [3.63, 3.8) is 0 Å². The van der Waals surface area contributed by atoms with Crippen LogP contribution >= 0.6 is 23.2 Å². The standard InChI is InChI=1S/C19H18Cl2FNO2/c20-16-3-1-2-15(17(16)21)18(12-4-6-14(22)7-5-12)23-10-8-13(9-11-23)19(24)25/h1-7,13,18H,8-11H2,(H,24,25). The van der Waals surface area contributed by atoms with E-state index in [9.17, 15) is 14.3 Å². The predicted octanol–water partition coefficient (Wildman–Crippen LogP) is 5.02. The van der Waals surface area contributed by atoms with Crippen LogP contribution < -0.4 is 0 Å². The second kappa shape index (κ2) is 7.73. The van der Waals surface area contributed by atoms with Crippen LogP contribution in [0.5, 0.6) is 0 Å². The van der Waals surface area contributed by atoms with Gasteiger partial charge in [-0.1, -0.05) is 47.5 Å². The lowest BCUT2D eigenvalue weighted by Crippen LogP contribution is -2.39. The van der Waals surface area contributed by atoms with Crippen molar-refractivity contribution in [2.45, 2.75) is 18.9 Å². The minimum Gasteiger partial charge on any atom is -0.481 e.